The van der Waals surface area contributed by atoms with Crippen LogP contribution in [0, 0.1) is 0 Å². The third-order valence-corrected chi connectivity index (χ3v) is 2.76. The van der Waals surface area contributed by atoms with Crippen LogP contribution in [0.25, 0.3) is 0 Å². The summed E-state index contributed by atoms with van der Waals surface area (Å²) in [4.78, 5) is 11.5. The lowest BCUT2D eigenvalue weighted by Gasteiger charge is -2.08. The summed E-state index contributed by atoms with van der Waals surface area (Å²) < 4.78 is 0. The smallest absolute Gasteiger partial charge is 0.238 e. The number of hydrogen-bond acceptors (Lipinski definition) is 2. The lowest BCUT2D eigenvalue weighted by Crippen LogP contribution is -2.28. The fourth-order valence-corrected chi connectivity index (χ4v) is 1.52. The first-order valence-electron chi connectivity index (χ1n) is 5.09. The van der Waals surface area contributed by atoms with Gasteiger partial charge in [0.2, 0.25) is 5.91 Å². The third kappa shape index (κ3) is 4.00. The summed E-state index contributed by atoms with van der Waals surface area (Å²) in [5, 5.41) is 6.49. The number of benzene rings is 1. The van der Waals surface area contributed by atoms with Crippen molar-refractivity contribution in [2.45, 2.75) is 13.3 Å². The van der Waals surface area contributed by atoms with E-state index in [0.717, 1.165) is 13.0 Å². The number of amides is 1. The van der Waals surface area contributed by atoms with Crippen LogP contribution in [-0.4, -0.2) is 19.0 Å². The van der Waals surface area contributed by atoms with Crippen molar-refractivity contribution in [2.75, 3.05) is 18.4 Å². The third-order valence-electron chi connectivity index (χ3n) is 1.94. The average Bonchev–Trinajstić information content (AvgIpc) is 2.25. The molecule has 0 unspecified atom stereocenters. The van der Waals surface area contributed by atoms with Gasteiger partial charge in [-0.05, 0) is 25.1 Å². The summed E-state index contributed by atoms with van der Waals surface area (Å²) >= 11 is 11.8. The summed E-state index contributed by atoms with van der Waals surface area (Å²) in [5.74, 6) is -0.127. The zero-order valence-corrected chi connectivity index (χ0v) is 10.5. The number of rotatable bonds is 5. The molecular formula is C11H14Cl2N2O. The number of anilines is 1. The molecule has 0 atom stereocenters. The zero-order chi connectivity index (χ0) is 12.0. The van der Waals surface area contributed by atoms with E-state index in [-0.39, 0.29) is 12.5 Å². The lowest BCUT2D eigenvalue weighted by atomic mass is 10.3. The van der Waals surface area contributed by atoms with E-state index in [1.165, 1.54) is 0 Å². The molecule has 0 aliphatic carbocycles. The van der Waals surface area contributed by atoms with E-state index in [1.54, 1.807) is 18.2 Å². The van der Waals surface area contributed by atoms with Gasteiger partial charge >= 0.3 is 0 Å². The molecule has 0 radical (unpaired) electrons. The molecule has 16 heavy (non-hydrogen) atoms. The Morgan fingerprint density at radius 1 is 1.38 bits per heavy atom. The van der Waals surface area contributed by atoms with E-state index in [1.807, 2.05) is 6.92 Å². The van der Waals surface area contributed by atoms with Crippen LogP contribution >= 0.6 is 23.2 Å². The second-order valence-corrected chi connectivity index (χ2v) is 4.11. The minimum Gasteiger partial charge on any atom is -0.324 e. The summed E-state index contributed by atoms with van der Waals surface area (Å²) in [5.41, 5.74) is 0.539. The quantitative estimate of drug-likeness (QED) is 0.800. The molecule has 0 aromatic heterocycles. The van der Waals surface area contributed by atoms with E-state index in [9.17, 15) is 4.79 Å². The molecular weight excluding hydrogens is 247 g/mol. The minimum absolute atomic E-state index is 0.127. The monoisotopic (exact) mass is 260 g/mol. The predicted octanol–water partition coefficient (Wildman–Crippen LogP) is 2.93. The molecule has 1 amide bonds. The standard InChI is InChI=1S/C11H14Cl2N2O/c1-2-6-14-7-10(16)15-9-5-3-4-8(12)11(9)13/h3-5,14H,2,6-7H2,1H3,(H,15,16). The summed E-state index contributed by atoms with van der Waals surface area (Å²) in [6.45, 7) is 3.13. The topological polar surface area (TPSA) is 41.1 Å². The fraction of sp³-hybridized carbons (Fsp3) is 0.364. The zero-order valence-electron chi connectivity index (χ0n) is 9.02. The van der Waals surface area contributed by atoms with E-state index >= 15 is 0 Å². The summed E-state index contributed by atoms with van der Waals surface area (Å²) in [6.07, 6.45) is 0.991. The summed E-state index contributed by atoms with van der Waals surface area (Å²) in [7, 11) is 0. The van der Waals surface area contributed by atoms with Crippen LogP contribution in [0.1, 0.15) is 13.3 Å². The van der Waals surface area contributed by atoms with Crippen LogP contribution in [0.5, 0.6) is 0 Å². The molecule has 88 valence electrons. The molecule has 0 aliphatic heterocycles. The molecule has 0 saturated heterocycles. The van der Waals surface area contributed by atoms with Gasteiger partial charge in [0.1, 0.15) is 0 Å². The van der Waals surface area contributed by atoms with Gasteiger partial charge in [0, 0.05) is 0 Å². The van der Waals surface area contributed by atoms with Crippen LogP contribution in [0.2, 0.25) is 10.0 Å². The Bertz CT molecular complexity index is 369. The van der Waals surface area contributed by atoms with Crippen LogP contribution in [0.3, 0.4) is 0 Å². The Labute approximate surface area is 105 Å². The van der Waals surface area contributed by atoms with Gasteiger partial charge in [-0.2, -0.15) is 0 Å². The van der Waals surface area contributed by atoms with Crippen LogP contribution in [0.15, 0.2) is 18.2 Å². The second-order valence-electron chi connectivity index (χ2n) is 3.33. The Morgan fingerprint density at radius 3 is 2.81 bits per heavy atom. The molecule has 0 aliphatic rings. The molecule has 0 bridgehead atoms. The van der Waals surface area contributed by atoms with Crippen molar-refractivity contribution in [3.05, 3.63) is 28.2 Å². The van der Waals surface area contributed by atoms with E-state index < -0.39 is 0 Å². The van der Waals surface area contributed by atoms with Crippen molar-refractivity contribution in [3.63, 3.8) is 0 Å². The van der Waals surface area contributed by atoms with Gasteiger partial charge in [-0.3, -0.25) is 4.79 Å². The van der Waals surface area contributed by atoms with Gasteiger partial charge < -0.3 is 10.6 Å². The van der Waals surface area contributed by atoms with Gasteiger partial charge in [-0.1, -0.05) is 36.2 Å². The van der Waals surface area contributed by atoms with Gasteiger partial charge in [-0.15, -0.1) is 0 Å². The highest BCUT2D eigenvalue weighted by Crippen LogP contribution is 2.29. The Kier molecular flexibility index (Phi) is 5.60. The maximum absolute atomic E-state index is 11.5. The number of nitrogens with one attached hydrogen (secondary N) is 2. The number of carbonyl (C=O) groups is 1. The molecule has 0 fully saturated rings. The second kappa shape index (κ2) is 6.74. The van der Waals surface area contributed by atoms with Gasteiger partial charge in [-0.25, -0.2) is 0 Å². The largest absolute Gasteiger partial charge is 0.324 e. The highest BCUT2D eigenvalue weighted by molar-refractivity contribution is 6.43. The van der Waals surface area contributed by atoms with Crippen molar-refractivity contribution in [2.24, 2.45) is 0 Å². The molecule has 2 N–H and O–H groups in total. The fourth-order valence-electron chi connectivity index (χ4n) is 1.17. The minimum atomic E-state index is -0.127. The number of carbonyl (C=O) groups excluding carboxylic acids is 1. The highest BCUT2D eigenvalue weighted by atomic mass is 35.5. The molecule has 0 saturated carbocycles. The predicted molar refractivity (Wildman–Crippen MR) is 68.3 cm³/mol. The first kappa shape index (κ1) is 13.3. The first-order chi connectivity index (χ1) is 7.65. The molecule has 0 spiro atoms. The van der Waals surface area contributed by atoms with E-state index in [0.29, 0.717) is 15.7 Å². The normalized spacial score (nSPS) is 10.2. The van der Waals surface area contributed by atoms with Crippen LogP contribution in [0.4, 0.5) is 5.69 Å². The van der Waals surface area contributed by atoms with Crippen molar-refractivity contribution >= 4 is 34.8 Å². The Morgan fingerprint density at radius 2 is 2.12 bits per heavy atom. The van der Waals surface area contributed by atoms with Crippen molar-refractivity contribution < 1.29 is 4.79 Å². The molecule has 0 heterocycles. The lowest BCUT2D eigenvalue weighted by molar-refractivity contribution is -0.115. The average molecular weight is 261 g/mol. The molecule has 1 aromatic carbocycles. The molecule has 1 aromatic rings. The molecule has 5 heteroatoms. The van der Waals surface area contributed by atoms with Crippen LogP contribution < -0.4 is 10.6 Å². The van der Waals surface area contributed by atoms with Crippen LogP contribution in [-0.2, 0) is 4.79 Å². The van der Waals surface area contributed by atoms with Gasteiger partial charge in [0.25, 0.3) is 0 Å². The highest BCUT2D eigenvalue weighted by Gasteiger charge is 2.07. The molecule has 1 rings (SSSR count). The van der Waals surface area contributed by atoms with E-state index in [2.05, 4.69) is 10.6 Å². The number of hydrogen-bond donors (Lipinski definition) is 2. The van der Waals surface area contributed by atoms with Crippen molar-refractivity contribution in [1.29, 1.82) is 0 Å². The maximum atomic E-state index is 11.5. The van der Waals surface area contributed by atoms with Gasteiger partial charge in [0.15, 0.2) is 0 Å². The first-order valence-corrected chi connectivity index (χ1v) is 5.85. The molecule has 3 nitrogen and oxygen atoms in total. The maximum Gasteiger partial charge on any atom is 0.238 e. The SMILES string of the molecule is CCCNCC(=O)Nc1cccc(Cl)c1Cl. The van der Waals surface area contributed by atoms with Crippen molar-refractivity contribution in [3.8, 4) is 0 Å². The Hall–Kier alpha value is -0.770. The van der Waals surface area contributed by atoms with Crippen molar-refractivity contribution in [1.82, 2.24) is 5.32 Å². The number of halogens is 2. The van der Waals surface area contributed by atoms with E-state index in [4.69, 9.17) is 23.2 Å². The van der Waals surface area contributed by atoms with Gasteiger partial charge in [0.05, 0.1) is 22.3 Å². The summed E-state index contributed by atoms with van der Waals surface area (Å²) in [6, 6.07) is 5.13. The Balaban J connectivity index is 2.53.